The standard InChI is InChI=1S/C16H30N2O3.ClH/c1-13-5-3-4-6-14(13)21-12-11-18-15(19)16(20-2)7-9-17-10-8-16;/h13-14,17H,3-12H2,1-2H3,(H,18,19);1H. The molecule has 0 radical (unpaired) electrons. The summed E-state index contributed by atoms with van der Waals surface area (Å²) in [6.07, 6.45) is 6.83. The van der Waals surface area contributed by atoms with E-state index in [1.165, 1.54) is 19.3 Å². The van der Waals surface area contributed by atoms with E-state index in [0.29, 0.717) is 25.2 Å². The van der Waals surface area contributed by atoms with Gasteiger partial charge >= 0.3 is 0 Å². The lowest BCUT2D eigenvalue weighted by molar-refractivity contribution is -0.147. The van der Waals surface area contributed by atoms with E-state index in [9.17, 15) is 4.79 Å². The Bertz CT molecular complexity index is 335. The molecule has 0 bridgehead atoms. The molecule has 0 aromatic heterocycles. The number of piperidine rings is 1. The number of methoxy groups -OCH3 is 1. The number of rotatable bonds is 6. The number of carbonyl (C=O) groups excluding carboxylic acids is 1. The summed E-state index contributed by atoms with van der Waals surface area (Å²) in [6.45, 7) is 5.09. The normalized spacial score (nSPS) is 27.7. The van der Waals surface area contributed by atoms with Gasteiger partial charge < -0.3 is 20.1 Å². The van der Waals surface area contributed by atoms with Crippen molar-refractivity contribution in [2.45, 2.75) is 57.2 Å². The molecule has 0 aromatic rings. The average Bonchev–Trinajstić information content (AvgIpc) is 2.53. The third-order valence-electron chi connectivity index (χ3n) is 4.97. The first-order chi connectivity index (χ1) is 10.2. The van der Waals surface area contributed by atoms with Crippen LogP contribution in [0.4, 0.5) is 0 Å². The van der Waals surface area contributed by atoms with Gasteiger partial charge in [0.1, 0.15) is 5.60 Å². The van der Waals surface area contributed by atoms with Crippen LogP contribution in [0, 0.1) is 5.92 Å². The first kappa shape index (κ1) is 19.7. The average molecular weight is 335 g/mol. The molecule has 2 N–H and O–H groups in total. The molecule has 2 fully saturated rings. The molecule has 22 heavy (non-hydrogen) atoms. The Morgan fingerprint density at radius 2 is 1.95 bits per heavy atom. The fourth-order valence-electron chi connectivity index (χ4n) is 3.42. The van der Waals surface area contributed by atoms with Crippen molar-refractivity contribution in [2.75, 3.05) is 33.4 Å². The van der Waals surface area contributed by atoms with Crippen molar-refractivity contribution in [1.82, 2.24) is 10.6 Å². The Balaban J connectivity index is 0.00000242. The van der Waals surface area contributed by atoms with Crippen LogP contribution in [-0.2, 0) is 14.3 Å². The molecule has 2 aliphatic rings. The number of nitrogens with one attached hydrogen (secondary N) is 2. The summed E-state index contributed by atoms with van der Waals surface area (Å²) >= 11 is 0. The van der Waals surface area contributed by atoms with E-state index < -0.39 is 5.60 Å². The van der Waals surface area contributed by atoms with Gasteiger partial charge in [0.05, 0.1) is 12.7 Å². The minimum Gasteiger partial charge on any atom is -0.376 e. The van der Waals surface area contributed by atoms with Crippen molar-refractivity contribution in [3.63, 3.8) is 0 Å². The zero-order valence-corrected chi connectivity index (χ0v) is 14.7. The predicted molar refractivity (Wildman–Crippen MR) is 89.5 cm³/mol. The maximum atomic E-state index is 12.3. The van der Waals surface area contributed by atoms with Crippen LogP contribution in [0.3, 0.4) is 0 Å². The highest BCUT2D eigenvalue weighted by Crippen LogP contribution is 2.26. The number of hydrogen-bond donors (Lipinski definition) is 2. The van der Waals surface area contributed by atoms with Crippen molar-refractivity contribution >= 4 is 18.3 Å². The van der Waals surface area contributed by atoms with E-state index >= 15 is 0 Å². The van der Waals surface area contributed by atoms with E-state index in [2.05, 4.69) is 17.6 Å². The van der Waals surface area contributed by atoms with E-state index in [4.69, 9.17) is 9.47 Å². The van der Waals surface area contributed by atoms with Crippen molar-refractivity contribution in [3.8, 4) is 0 Å². The predicted octanol–water partition coefficient (Wildman–Crippen LogP) is 1.89. The Kier molecular flexibility index (Phi) is 8.69. The quantitative estimate of drug-likeness (QED) is 0.728. The molecule has 0 spiro atoms. The van der Waals surface area contributed by atoms with Crippen molar-refractivity contribution in [3.05, 3.63) is 0 Å². The van der Waals surface area contributed by atoms with E-state index in [1.54, 1.807) is 7.11 Å². The summed E-state index contributed by atoms with van der Waals surface area (Å²) in [5.41, 5.74) is -0.649. The van der Waals surface area contributed by atoms with Crippen molar-refractivity contribution < 1.29 is 14.3 Å². The van der Waals surface area contributed by atoms with Crippen LogP contribution in [0.15, 0.2) is 0 Å². The minimum absolute atomic E-state index is 0. The molecule has 2 atom stereocenters. The highest BCUT2D eigenvalue weighted by Gasteiger charge is 2.39. The molecule has 2 rings (SSSR count). The van der Waals surface area contributed by atoms with Gasteiger partial charge in [-0.15, -0.1) is 12.4 Å². The van der Waals surface area contributed by atoms with Crippen LogP contribution >= 0.6 is 12.4 Å². The Labute approximate surface area is 140 Å². The lowest BCUT2D eigenvalue weighted by Gasteiger charge is -2.35. The number of hydrogen-bond acceptors (Lipinski definition) is 4. The fourth-order valence-corrected chi connectivity index (χ4v) is 3.42. The van der Waals surface area contributed by atoms with Gasteiger partial charge in [-0.1, -0.05) is 19.8 Å². The first-order valence-electron chi connectivity index (χ1n) is 8.34. The number of halogens is 1. The fraction of sp³-hybridized carbons (Fsp3) is 0.938. The lowest BCUT2D eigenvalue weighted by Crippen LogP contribution is -2.54. The summed E-state index contributed by atoms with van der Waals surface area (Å²) in [6, 6.07) is 0. The van der Waals surface area contributed by atoms with Crippen molar-refractivity contribution in [1.29, 1.82) is 0 Å². The summed E-state index contributed by atoms with van der Waals surface area (Å²) in [7, 11) is 1.63. The molecule has 2 unspecified atom stereocenters. The molecule has 130 valence electrons. The van der Waals surface area contributed by atoms with Gasteiger partial charge in [0, 0.05) is 13.7 Å². The van der Waals surface area contributed by atoms with Crippen molar-refractivity contribution in [2.24, 2.45) is 5.92 Å². The smallest absolute Gasteiger partial charge is 0.252 e. The maximum Gasteiger partial charge on any atom is 0.252 e. The van der Waals surface area contributed by atoms with E-state index in [1.807, 2.05) is 0 Å². The SMILES string of the molecule is COC1(C(=O)NCCOC2CCCCC2C)CCNCC1.Cl. The Hall–Kier alpha value is -0.360. The van der Waals surface area contributed by atoms with Gasteiger partial charge in [-0.05, 0) is 44.7 Å². The van der Waals surface area contributed by atoms with Gasteiger partial charge in [-0.25, -0.2) is 0 Å². The third kappa shape index (κ3) is 5.08. The molecule has 1 aliphatic heterocycles. The molecule has 0 aromatic carbocycles. The third-order valence-corrected chi connectivity index (χ3v) is 4.97. The zero-order chi connectivity index (χ0) is 15.1. The highest BCUT2D eigenvalue weighted by atomic mass is 35.5. The first-order valence-corrected chi connectivity index (χ1v) is 8.34. The maximum absolute atomic E-state index is 12.3. The van der Waals surface area contributed by atoms with Crippen LogP contribution in [0.1, 0.15) is 45.4 Å². The van der Waals surface area contributed by atoms with Gasteiger partial charge in [0.25, 0.3) is 5.91 Å². The van der Waals surface area contributed by atoms with Crippen LogP contribution in [0.5, 0.6) is 0 Å². The van der Waals surface area contributed by atoms with E-state index in [-0.39, 0.29) is 18.3 Å². The molecule has 5 nitrogen and oxygen atoms in total. The Morgan fingerprint density at radius 3 is 2.59 bits per heavy atom. The number of carbonyl (C=O) groups is 1. The molecular formula is C16H31ClN2O3. The van der Waals surface area contributed by atoms with Gasteiger partial charge in [0.15, 0.2) is 0 Å². The second-order valence-corrected chi connectivity index (χ2v) is 6.38. The molecular weight excluding hydrogens is 304 g/mol. The van der Waals surface area contributed by atoms with Gasteiger partial charge in [0.2, 0.25) is 0 Å². The molecule has 1 saturated heterocycles. The number of ether oxygens (including phenoxy) is 2. The molecule has 6 heteroatoms. The highest BCUT2D eigenvalue weighted by molar-refractivity contribution is 5.85. The summed E-state index contributed by atoms with van der Waals surface area (Å²) in [4.78, 5) is 12.3. The van der Waals surface area contributed by atoms with Gasteiger partial charge in [-0.3, -0.25) is 4.79 Å². The lowest BCUT2D eigenvalue weighted by atomic mass is 9.88. The Morgan fingerprint density at radius 1 is 1.27 bits per heavy atom. The zero-order valence-electron chi connectivity index (χ0n) is 13.9. The topological polar surface area (TPSA) is 59.6 Å². The van der Waals surface area contributed by atoms with Crippen LogP contribution in [0.25, 0.3) is 0 Å². The molecule has 1 aliphatic carbocycles. The van der Waals surface area contributed by atoms with Crippen LogP contribution < -0.4 is 10.6 Å². The molecule has 1 saturated carbocycles. The molecule has 1 heterocycles. The minimum atomic E-state index is -0.649. The van der Waals surface area contributed by atoms with Crippen LogP contribution in [-0.4, -0.2) is 51.0 Å². The summed E-state index contributed by atoms with van der Waals surface area (Å²) in [5.74, 6) is 0.649. The molecule has 1 amide bonds. The summed E-state index contributed by atoms with van der Waals surface area (Å²) < 4.78 is 11.4. The summed E-state index contributed by atoms with van der Waals surface area (Å²) in [5, 5.41) is 6.24. The van der Waals surface area contributed by atoms with Crippen LogP contribution in [0.2, 0.25) is 0 Å². The van der Waals surface area contributed by atoms with E-state index in [0.717, 1.165) is 32.4 Å². The second kappa shape index (κ2) is 9.71. The van der Waals surface area contributed by atoms with Gasteiger partial charge in [-0.2, -0.15) is 0 Å². The second-order valence-electron chi connectivity index (χ2n) is 6.38. The monoisotopic (exact) mass is 334 g/mol. The largest absolute Gasteiger partial charge is 0.376 e. The number of amides is 1.